The number of allylic oxidation sites excluding steroid dienone is 1. The molecule has 3 aliphatic rings. The van der Waals surface area contributed by atoms with Gasteiger partial charge in [-0.1, -0.05) is 67.5 Å². The smallest absolute Gasteiger partial charge is 0.226 e. The number of nitrogens with one attached hydrogen (secondary N) is 2. The Kier molecular flexibility index (Phi) is 23.4. The largest absolute Gasteiger partial charge is 0.369 e. The zero-order valence-electron chi connectivity index (χ0n) is 43.6. The van der Waals surface area contributed by atoms with E-state index in [0.29, 0.717) is 40.9 Å². The molecule has 3 aromatic carbocycles. The van der Waals surface area contributed by atoms with E-state index < -0.39 is 0 Å². The number of nitriles is 1. The Hall–Kier alpha value is -5.71. The van der Waals surface area contributed by atoms with Gasteiger partial charge in [0, 0.05) is 91.4 Å². The molecule has 0 spiro atoms. The molecule has 70 heavy (non-hydrogen) atoms. The molecule has 11 nitrogen and oxygen atoms in total. The molecular weight excluding hydrogens is 883 g/mol. The van der Waals surface area contributed by atoms with Gasteiger partial charge in [-0.05, 0) is 144 Å². The Morgan fingerprint density at radius 3 is 2.21 bits per heavy atom. The summed E-state index contributed by atoms with van der Waals surface area (Å²) in [5.41, 5.74) is 6.88. The predicted molar refractivity (Wildman–Crippen MR) is 283 cm³/mol. The third kappa shape index (κ3) is 16.4. The van der Waals surface area contributed by atoms with E-state index in [1.165, 1.54) is 50.3 Å². The van der Waals surface area contributed by atoms with Crippen molar-refractivity contribution in [3.8, 4) is 6.07 Å². The maximum absolute atomic E-state index is 14.3. The van der Waals surface area contributed by atoms with Crippen molar-refractivity contribution in [2.45, 2.75) is 119 Å². The lowest BCUT2D eigenvalue weighted by molar-refractivity contribution is -0.124. The third-order valence-electron chi connectivity index (χ3n) is 13.3. The molecule has 0 bridgehead atoms. The number of likely N-dealkylation sites (N-methyl/N-ethyl adjacent to an activating group) is 1. The number of piperazine rings is 1. The summed E-state index contributed by atoms with van der Waals surface area (Å²) in [6.45, 7) is 28.5. The van der Waals surface area contributed by atoms with Crippen LogP contribution in [0, 0.1) is 40.7 Å². The fraction of sp³-hybridized carbons (Fsp3) is 0.526. The number of hydrogen-bond donors (Lipinski definition) is 2. The molecule has 2 atom stereocenters. The molecule has 7 rings (SSSR count). The van der Waals surface area contributed by atoms with Crippen LogP contribution in [0.5, 0.6) is 0 Å². The Morgan fingerprint density at radius 2 is 1.64 bits per heavy atom. The topological polar surface area (TPSA) is 125 Å². The number of carbonyl (C=O) groups excluding carboxylic acids is 3. The van der Waals surface area contributed by atoms with Crippen molar-refractivity contribution < 1.29 is 23.2 Å². The van der Waals surface area contributed by atoms with Gasteiger partial charge in [0.15, 0.2) is 5.78 Å². The van der Waals surface area contributed by atoms with Crippen LogP contribution in [0.4, 0.5) is 25.8 Å². The maximum Gasteiger partial charge on any atom is 0.226 e. The van der Waals surface area contributed by atoms with Crippen molar-refractivity contribution >= 4 is 46.1 Å². The number of rotatable bonds is 15. The summed E-state index contributed by atoms with van der Waals surface area (Å²) in [6.07, 6.45) is 11.2. The number of hydrogen-bond acceptors (Lipinski definition) is 9. The first-order chi connectivity index (χ1) is 33.6. The Morgan fingerprint density at radius 1 is 0.943 bits per heavy atom. The van der Waals surface area contributed by atoms with Gasteiger partial charge in [0.25, 0.3) is 0 Å². The van der Waals surface area contributed by atoms with Crippen molar-refractivity contribution in [2.75, 3.05) is 74.5 Å². The van der Waals surface area contributed by atoms with Gasteiger partial charge in [0.05, 0.1) is 16.8 Å². The monoisotopic (exact) mass is 963 g/mol. The number of fused-ring (bicyclic) bond motifs is 1. The van der Waals surface area contributed by atoms with E-state index in [0.717, 1.165) is 105 Å². The number of aryl methyl sites for hydroxylation is 2. The predicted octanol–water partition coefficient (Wildman–Crippen LogP) is 11.2. The molecule has 0 saturated carbocycles. The summed E-state index contributed by atoms with van der Waals surface area (Å²) in [5.74, 6) is 0.438. The van der Waals surface area contributed by atoms with E-state index in [1.54, 1.807) is 18.3 Å². The lowest BCUT2D eigenvalue weighted by Gasteiger charge is -2.40. The first-order valence-corrected chi connectivity index (χ1v) is 25.6. The van der Waals surface area contributed by atoms with E-state index >= 15 is 0 Å². The molecule has 1 unspecified atom stereocenters. The molecule has 0 radical (unpaired) electrons. The molecular formula is C57H80F2N8O3. The Labute approximate surface area is 417 Å². The van der Waals surface area contributed by atoms with Gasteiger partial charge in [0.2, 0.25) is 12.3 Å². The second-order valence-electron chi connectivity index (χ2n) is 19.4. The Balaban J connectivity index is 0.000000212. The lowest BCUT2D eigenvalue weighted by atomic mass is 9.92. The summed E-state index contributed by atoms with van der Waals surface area (Å²) in [4.78, 5) is 47.1. The first kappa shape index (κ1) is 56.9. The number of aromatic nitrogens is 1. The molecule has 4 aromatic rings. The summed E-state index contributed by atoms with van der Waals surface area (Å²) in [7, 11) is 2.16. The van der Waals surface area contributed by atoms with Crippen LogP contribution in [0.15, 0.2) is 73.1 Å². The van der Waals surface area contributed by atoms with Crippen molar-refractivity contribution in [3.05, 3.63) is 107 Å². The number of Topliss-reactive ketones (excluding diaryl/α,β-unsaturated/α-hetero) is 1. The van der Waals surface area contributed by atoms with Gasteiger partial charge in [-0.3, -0.25) is 19.4 Å². The number of nitrogens with zero attached hydrogens (tertiary/aromatic N) is 6. The van der Waals surface area contributed by atoms with Gasteiger partial charge < -0.3 is 30.2 Å². The minimum Gasteiger partial charge on any atom is -0.369 e. The second kappa shape index (κ2) is 28.8. The maximum atomic E-state index is 14.3. The molecule has 1 aromatic heterocycles. The van der Waals surface area contributed by atoms with Crippen LogP contribution in [-0.2, 0) is 22.4 Å². The highest BCUT2D eigenvalue weighted by Gasteiger charge is 2.25. The van der Waals surface area contributed by atoms with E-state index in [1.807, 2.05) is 52.8 Å². The minimum absolute atomic E-state index is 0.0313. The van der Waals surface area contributed by atoms with Crippen LogP contribution in [0.2, 0.25) is 0 Å². The highest BCUT2D eigenvalue weighted by molar-refractivity contribution is 5.99. The summed E-state index contributed by atoms with van der Waals surface area (Å²) < 4.78 is 28.1. The standard InChI is InChI=1S/C19H30FN3O.C16H18N4.C15H21FO.C7H11NO/c1-3-9-22(10-4-2)14-16-7-11-23(12-8-16)19-6-5-17(21-15-24)13-18(19)20;1-12-11-19(2)8-9-20(12)15-6-5-13(10-17)16-14(15)4-3-7-18-16;1-5-7-12-8-11(6-2)13(9-14(12)16)15(17)10(3)4;1-5-3-4-6(2)8-7(5)9/h5-6,13,15-16H,3-4,7-12,14H2,1-2H3,(H,21,24);3-7,12H,8-9,11H2,1-2H3;8-10H,5-7H2,1-4H3;5H,2-4H2,1H3,(H,8,9)/t;;;5-/m...0/s1. The molecule has 0 aliphatic carbocycles. The van der Waals surface area contributed by atoms with Crippen molar-refractivity contribution in [3.63, 3.8) is 0 Å². The molecule has 13 heteroatoms. The van der Waals surface area contributed by atoms with E-state index in [2.05, 4.69) is 87.8 Å². The van der Waals surface area contributed by atoms with Gasteiger partial charge >= 0.3 is 0 Å². The average molecular weight is 963 g/mol. The first-order valence-electron chi connectivity index (χ1n) is 25.6. The van der Waals surface area contributed by atoms with Gasteiger partial charge in [-0.15, -0.1) is 0 Å². The third-order valence-corrected chi connectivity index (χ3v) is 13.3. The molecule has 3 fully saturated rings. The second-order valence-corrected chi connectivity index (χ2v) is 19.4. The highest BCUT2D eigenvalue weighted by atomic mass is 19.1. The number of anilines is 3. The molecule has 3 aliphatic heterocycles. The van der Waals surface area contributed by atoms with Gasteiger partial charge in [-0.25, -0.2) is 8.78 Å². The number of piperidine rings is 2. The number of carbonyl (C=O) groups is 3. The van der Waals surface area contributed by atoms with Gasteiger partial charge in [0.1, 0.15) is 17.7 Å². The summed E-state index contributed by atoms with van der Waals surface area (Å²) in [6, 6.07) is 18.8. The lowest BCUT2D eigenvalue weighted by Crippen LogP contribution is -2.50. The van der Waals surface area contributed by atoms with Crippen LogP contribution in [0.25, 0.3) is 10.9 Å². The summed E-state index contributed by atoms with van der Waals surface area (Å²) in [5, 5.41) is 15.5. The number of amides is 2. The van der Waals surface area contributed by atoms with Crippen LogP contribution in [0.3, 0.4) is 0 Å². The summed E-state index contributed by atoms with van der Waals surface area (Å²) >= 11 is 0. The fourth-order valence-corrected chi connectivity index (χ4v) is 9.41. The molecule has 380 valence electrons. The number of halogens is 2. The zero-order valence-corrected chi connectivity index (χ0v) is 43.6. The minimum atomic E-state index is -0.265. The van der Waals surface area contributed by atoms with E-state index in [9.17, 15) is 28.4 Å². The van der Waals surface area contributed by atoms with Crippen molar-refractivity contribution in [1.29, 1.82) is 5.26 Å². The van der Waals surface area contributed by atoms with Crippen molar-refractivity contribution in [1.82, 2.24) is 20.1 Å². The van der Waals surface area contributed by atoms with Gasteiger partial charge in [-0.2, -0.15) is 5.26 Å². The van der Waals surface area contributed by atoms with Crippen molar-refractivity contribution in [2.24, 2.45) is 17.8 Å². The van der Waals surface area contributed by atoms with E-state index in [4.69, 9.17) is 0 Å². The van der Waals surface area contributed by atoms with E-state index in [-0.39, 0.29) is 35.2 Å². The highest BCUT2D eigenvalue weighted by Crippen LogP contribution is 2.31. The number of ketones is 1. The quantitative estimate of drug-likeness (QED) is 0.0885. The molecule has 2 amide bonds. The van der Waals surface area contributed by atoms with Crippen LogP contribution >= 0.6 is 0 Å². The average Bonchev–Trinajstić information content (AvgIpc) is 3.34. The molecule has 2 N–H and O–H groups in total. The van der Waals surface area contributed by atoms with Crippen LogP contribution in [0.1, 0.15) is 127 Å². The molecule has 3 saturated heterocycles. The fourth-order valence-electron chi connectivity index (χ4n) is 9.41. The van der Waals surface area contributed by atoms with Crippen LogP contribution < -0.4 is 20.4 Å². The molecule has 4 heterocycles. The SMILES string of the molecule is C=C1CC[C@H](C)C(=O)N1.CC1CN(C)CCN1c1ccc(C#N)c2ncccc12.CCCN(CCC)CC1CCN(c2ccc(NC=O)cc2F)CC1.CCCc1cc(CC)c(C(=O)C(C)C)cc1F. The zero-order chi connectivity index (χ0) is 51.3. The Bertz CT molecular complexity index is 2370. The van der Waals surface area contributed by atoms with Crippen LogP contribution in [-0.4, -0.2) is 98.3 Å². The normalized spacial score (nSPS) is 17.4. The number of benzene rings is 3. The number of pyridine rings is 1.